The molecule has 0 aliphatic heterocycles. The minimum atomic E-state index is -0.430. The molecule has 2 aromatic heterocycles. The van der Waals surface area contributed by atoms with Crippen LogP contribution in [-0.4, -0.2) is 20.7 Å². The molecular formula is C21H21Cl2N3O2S2. The Hall–Kier alpha value is -1.54. The molecule has 1 aliphatic rings. The summed E-state index contributed by atoms with van der Waals surface area (Å²) >= 11 is 15.1. The van der Waals surface area contributed by atoms with Crippen molar-refractivity contribution >= 4 is 62.4 Å². The summed E-state index contributed by atoms with van der Waals surface area (Å²) in [7, 11) is 1.72. The molecule has 1 amide bonds. The molecule has 1 aromatic carbocycles. The number of fused-ring (bicyclic) bond motifs is 3. The average molecular weight is 482 g/mol. The van der Waals surface area contributed by atoms with Gasteiger partial charge in [-0.15, -0.1) is 11.3 Å². The minimum Gasteiger partial charge on any atom is -0.349 e. The predicted molar refractivity (Wildman–Crippen MR) is 125 cm³/mol. The fourth-order valence-corrected chi connectivity index (χ4v) is 6.44. The summed E-state index contributed by atoms with van der Waals surface area (Å²) in [5, 5.41) is 4.91. The van der Waals surface area contributed by atoms with Crippen LogP contribution in [0.4, 0.5) is 0 Å². The van der Waals surface area contributed by atoms with Gasteiger partial charge in [-0.3, -0.25) is 14.2 Å². The quantitative estimate of drug-likeness (QED) is 0.404. The second-order valence-corrected chi connectivity index (χ2v) is 10.7. The first kappa shape index (κ1) is 21.7. The summed E-state index contributed by atoms with van der Waals surface area (Å²) in [6.07, 6.45) is 3.07. The second kappa shape index (κ2) is 8.54. The number of thioether (sulfide) groups is 1. The molecule has 1 aliphatic carbocycles. The van der Waals surface area contributed by atoms with E-state index in [1.54, 1.807) is 42.0 Å². The van der Waals surface area contributed by atoms with Crippen LogP contribution in [0.25, 0.3) is 10.2 Å². The molecule has 0 unspecified atom stereocenters. The predicted octanol–water partition coefficient (Wildman–Crippen LogP) is 5.15. The van der Waals surface area contributed by atoms with E-state index in [2.05, 4.69) is 5.32 Å². The number of carbonyl (C=O) groups excluding carboxylic acids is 1. The molecule has 30 heavy (non-hydrogen) atoms. The van der Waals surface area contributed by atoms with Gasteiger partial charge in [-0.05, 0) is 56.4 Å². The number of amides is 1. The van der Waals surface area contributed by atoms with Crippen molar-refractivity contribution in [2.24, 2.45) is 7.05 Å². The lowest BCUT2D eigenvalue weighted by molar-refractivity contribution is -0.120. The van der Waals surface area contributed by atoms with Crippen molar-refractivity contribution in [1.29, 1.82) is 0 Å². The highest BCUT2D eigenvalue weighted by Gasteiger charge is 2.25. The van der Waals surface area contributed by atoms with Gasteiger partial charge in [-0.25, -0.2) is 4.98 Å². The molecular weight excluding hydrogens is 461 g/mol. The van der Waals surface area contributed by atoms with Gasteiger partial charge in [0.15, 0.2) is 5.16 Å². The van der Waals surface area contributed by atoms with E-state index < -0.39 is 5.25 Å². The van der Waals surface area contributed by atoms with Crippen molar-refractivity contribution in [2.45, 2.75) is 49.6 Å². The van der Waals surface area contributed by atoms with Crippen LogP contribution in [0.15, 0.2) is 28.2 Å². The van der Waals surface area contributed by atoms with E-state index in [1.807, 2.05) is 13.0 Å². The first-order valence-corrected chi connectivity index (χ1v) is 12.1. The van der Waals surface area contributed by atoms with E-state index in [0.29, 0.717) is 15.2 Å². The van der Waals surface area contributed by atoms with E-state index in [0.717, 1.165) is 35.0 Å². The third-order valence-electron chi connectivity index (χ3n) is 5.34. The van der Waals surface area contributed by atoms with Crippen LogP contribution in [0.2, 0.25) is 10.0 Å². The maximum atomic E-state index is 12.9. The largest absolute Gasteiger partial charge is 0.349 e. The number of aryl methyl sites for hydroxylation is 2. The Morgan fingerprint density at radius 3 is 2.80 bits per heavy atom. The Morgan fingerprint density at radius 2 is 2.07 bits per heavy atom. The lowest BCUT2D eigenvalue weighted by Crippen LogP contribution is -2.33. The number of rotatable bonds is 5. The minimum absolute atomic E-state index is 0.0316. The van der Waals surface area contributed by atoms with E-state index in [4.69, 9.17) is 28.2 Å². The van der Waals surface area contributed by atoms with Gasteiger partial charge in [0.25, 0.3) is 5.56 Å². The summed E-state index contributed by atoms with van der Waals surface area (Å²) < 4.78 is 1.56. The van der Waals surface area contributed by atoms with E-state index in [1.165, 1.54) is 22.2 Å². The number of thiophene rings is 1. The zero-order chi connectivity index (χ0) is 21.6. The Bertz CT molecular complexity index is 1210. The first-order valence-electron chi connectivity index (χ1n) is 9.69. The Labute approximate surface area is 192 Å². The first-order chi connectivity index (χ1) is 14.3. The van der Waals surface area contributed by atoms with E-state index in [-0.39, 0.29) is 17.5 Å². The molecule has 0 radical (unpaired) electrons. The van der Waals surface area contributed by atoms with Crippen molar-refractivity contribution < 1.29 is 4.79 Å². The van der Waals surface area contributed by atoms with Gasteiger partial charge in [0, 0.05) is 22.0 Å². The van der Waals surface area contributed by atoms with Crippen LogP contribution < -0.4 is 10.9 Å². The smallest absolute Gasteiger partial charge is 0.262 e. The van der Waals surface area contributed by atoms with Gasteiger partial charge in [-0.2, -0.15) is 0 Å². The van der Waals surface area contributed by atoms with Gasteiger partial charge in [-0.1, -0.05) is 41.0 Å². The average Bonchev–Trinajstić information content (AvgIpc) is 3.26. The highest BCUT2D eigenvalue weighted by atomic mass is 35.5. The number of halogens is 2. The molecule has 0 fully saturated rings. The summed E-state index contributed by atoms with van der Waals surface area (Å²) in [6, 6.07) is 4.94. The number of hydrogen-bond donors (Lipinski definition) is 1. The number of benzene rings is 1. The molecule has 0 bridgehead atoms. The van der Waals surface area contributed by atoms with E-state index in [9.17, 15) is 9.59 Å². The fraction of sp³-hybridized carbons (Fsp3) is 0.381. The number of hydrogen-bond acceptors (Lipinski definition) is 5. The van der Waals surface area contributed by atoms with Gasteiger partial charge in [0.2, 0.25) is 5.91 Å². The molecule has 1 N–H and O–H groups in total. The molecule has 9 heteroatoms. The lowest BCUT2D eigenvalue weighted by Gasteiger charge is -2.19. The molecule has 5 nitrogen and oxygen atoms in total. The third-order valence-corrected chi connectivity index (χ3v) is 8.24. The maximum absolute atomic E-state index is 12.9. The van der Waals surface area contributed by atoms with Crippen LogP contribution in [0, 0.1) is 0 Å². The van der Waals surface area contributed by atoms with Gasteiger partial charge >= 0.3 is 0 Å². The number of nitrogens with zero attached hydrogens (tertiary/aromatic N) is 2. The SMILES string of the molecule is C[C@H](Sc1nc2sc3c(c2c(=O)n1C)CCC3)C(=O)N[C@H](C)c1ccc(Cl)cc1Cl. The molecule has 4 rings (SSSR count). The topological polar surface area (TPSA) is 64.0 Å². The molecule has 0 saturated carbocycles. The second-order valence-electron chi connectivity index (χ2n) is 7.45. The monoisotopic (exact) mass is 481 g/mol. The van der Waals surface area contributed by atoms with Crippen molar-refractivity contribution in [3.8, 4) is 0 Å². The Balaban J connectivity index is 1.52. The van der Waals surface area contributed by atoms with Crippen LogP contribution in [0.3, 0.4) is 0 Å². The van der Waals surface area contributed by atoms with Crippen LogP contribution in [0.1, 0.15) is 42.3 Å². The molecule has 0 spiro atoms. The molecule has 2 atom stereocenters. The molecule has 0 saturated heterocycles. The third kappa shape index (κ3) is 4.00. The normalized spacial score (nSPS) is 15.2. The Kier molecular flexibility index (Phi) is 6.17. The molecule has 2 heterocycles. The number of carbonyl (C=O) groups is 1. The van der Waals surface area contributed by atoms with E-state index >= 15 is 0 Å². The van der Waals surface area contributed by atoms with Crippen molar-refractivity contribution in [2.75, 3.05) is 0 Å². The summed E-state index contributed by atoms with van der Waals surface area (Å²) in [6.45, 7) is 3.68. The zero-order valence-electron chi connectivity index (χ0n) is 16.8. The maximum Gasteiger partial charge on any atom is 0.262 e. The number of nitrogens with one attached hydrogen (secondary N) is 1. The van der Waals surface area contributed by atoms with Crippen LogP contribution in [-0.2, 0) is 24.7 Å². The molecule has 158 valence electrons. The highest BCUT2D eigenvalue weighted by molar-refractivity contribution is 8.00. The van der Waals surface area contributed by atoms with Crippen LogP contribution in [0.5, 0.6) is 0 Å². The standard InChI is InChI=1S/C21H21Cl2N3O2S2/c1-10(13-8-7-12(22)9-15(13)23)24-18(27)11(2)29-21-25-19-17(20(28)26(21)3)14-5-4-6-16(14)30-19/h7-11H,4-6H2,1-3H3,(H,24,27)/t10-,11+/m1/s1. The zero-order valence-corrected chi connectivity index (χ0v) is 19.9. The summed E-state index contributed by atoms with van der Waals surface area (Å²) in [5.41, 5.74) is 1.93. The fourth-order valence-electron chi connectivity index (χ4n) is 3.68. The molecule has 3 aromatic rings. The van der Waals surface area contributed by atoms with Gasteiger partial charge < -0.3 is 5.32 Å². The summed E-state index contributed by atoms with van der Waals surface area (Å²) in [5.74, 6) is -0.151. The van der Waals surface area contributed by atoms with Crippen molar-refractivity contribution in [3.63, 3.8) is 0 Å². The number of aromatic nitrogens is 2. The van der Waals surface area contributed by atoms with Gasteiger partial charge in [0.05, 0.1) is 16.7 Å². The summed E-state index contributed by atoms with van der Waals surface area (Å²) in [4.78, 5) is 32.5. The highest BCUT2D eigenvalue weighted by Crippen LogP contribution is 2.36. The Morgan fingerprint density at radius 1 is 1.30 bits per heavy atom. The van der Waals surface area contributed by atoms with Crippen LogP contribution >= 0.6 is 46.3 Å². The van der Waals surface area contributed by atoms with Gasteiger partial charge in [0.1, 0.15) is 4.83 Å². The van der Waals surface area contributed by atoms with Crippen molar-refractivity contribution in [1.82, 2.24) is 14.9 Å². The lowest BCUT2D eigenvalue weighted by atomic mass is 10.1. The van der Waals surface area contributed by atoms with Crippen molar-refractivity contribution in [3.05, 3.63) is 54.6 Å².